The number of alkyl halides is 3. The third-order valence-corrected chi connectivity index (χ3v) is 2.59. The zero-order valence-corrected chi connectivity index (χ0v) is 10.5. The SMILES string of the molecule is CCNc1ccc(-c2ccc(C(F)(F)F)c(F)c2)nn1. The Bertz CT molecular complexity index is 594. The van der Waals surface area contributed by atoms with Crippen molar-refractivity contribution in [3.05, 3.63) is 41.7 Å². The first-order chi connectivity index (χ1) is 9.41. The largest absolute Gasteiger partial charge is 0.419 e. The van der Waals surface area contributed by atoms with Crippen LogP contribution >= 0.6 is 0 Å². The van der Waals surface area contributed by atoms with Gasteiger partial charge in [0, 0.05) is 12.1 Å². The molecule has 0 aliphatic rings. The first kappa shape index (κ1) is 14.2. The van der Waals surface area contributed by atoms with Crippen molar-refractivity contribution >= 4 is 5.82 Å². The molecule has 1 heterocycles. The van der Waals surface area contributed by atoms with Crippen LogP contribution in [0.25, 0.3) is 11.3 Å². The third kappa shape index (κ3) is 3.04. The van der Waals surface area contributed by atoms with E-state index in [0.29, 0.717) is 24.1 Å². The van der Waals surface area contributed by atoms with Crippen molar-refractivity contribution in [2.75, 3.05) is 11.9 Å². The van der Waals surface area contributed by atoms with Crippen molar-refractivity contribution < 1.29 is 17.6 Å². The zero-order chi connectivity index (χ0) is 14.8. The van der Waals surface area contributed by atoms with Gasteiger partial charge >= 0.3 is 6.18 Å². The molecule has 3 nitrogen and oxygen atoms in total. The summed E-state index contributed by atoms with van der Waals surface area (Å²) in [6.45, 7) is 2.56. The van der Waals surface area contributed by atoms with E-state index >= 15 is 0 Å². The van der Waals surface area contributed by atoms with Crippen LogP contribution in [0.2, 0.25) is 0 Å². The molecule has 0 atom stereocenters. The Morgan fingerprint density at radius 1 is 1.10 bits per heavy atom. The van der Waals surface area contributed by atoms with Crippen LogP contribution in [0.15, 0.2) is 30.3 Å². The zero-order valence-electron chi connectivity index (χ0n) is 10.5. The Morgan fingerprint density at radius 3 is 2.35 bits per heavy atom. The van der Waals surface area contributed by atoms with Crippen molar-refractivity contribution in [2.45, 2.75) is 13.1 Å². The van der Waals surface area contributed by atoms with Gasteiger partial charge in [0.2, 0.25) is 0 Å². The minimum absolute atomic E-state index is 0.242. The second-order valence-electron chi connectivity index (χ2n) is 4.03. The molecule has 1 aromatic carbocycles. The average molecular weight is 285 g/mol. The number of anilines is 1. The van der Waals surface area contributed by atoms with Crippen LogP contribution in [-0.2, 0) is 6.18 Å². The molecular formula is C13H11F4N3. The van der Waals surface area contributed by atoms with E-state index in [0.717, 1.165) is 6.07 Å². The number of halogens is 4. The topological polar surface area (TPSA) is 37.8 Å². The van der Waals surface area contributed by atoms with Crippen LogP contribution in [0, 0.1) is 5.82 Å². The molecule has 0 saturated carbocycles. The van der Waals surface area contributed by atoms with Crippen molar-refractivity contribution in [3.8, 4) is 11.3 Å². The van der Waals surface area contributed by atoms with Gasteiger partial charge in [-0.2, -0.15) is 13.2 Å². The van der Waals surface area contributed by atoms with Gasteiger partial charge < -0.3 is 5.32 Å². The van der Waals surface area contributed by atoms with Crippen molar-refractivity contribution in [3.63, 3.8) is 0 Å². The van der Waals surface area contributed by atoms with Crippen LogP contribution in [-0.4, -0.2) is 16.7 Å². The lowest BCUT2D eigenvalue weighted by Gasteiger charge is -2.09. The molecular weight excluding hydrogens is 274 g/mol. The highest BCUT2D eigenvalue weighted by molar-refractivity contribution is 5.60. The maximum absolute atomic E-state index is 13.5. The van der Waals surface area contributed by atoms with E-state index in [9.17, 15) is 17.6 Å². The van der Waals surface area contributed by atoms with E-state index < -0.39 is 17.6 Å². The molecule has 1 N–H and O–H groups in total. The molecule has 0 spiro atoms. The number of benzene rings is 1. The molecule has 0 saturated heterocycles. The molecule has 106 valence electrons. The number of hydrogen-bond acceptors (Lipinski definition) is 3. The molecule has 0 aliphatic heterocycles. The third-order valence-electron chi connectivity index (χ3n) is 2.59. The van der Waals surface area contributed by atoms with E-state index in [2.05, 4.69) is 15.5 Å². The summed E-state index contributed by atoms with van der Waals surface area (Å²) in [5, 5.41) is 10.6. The van der Waals surface area contributed by atoms with E-state index in [1.54, 1.807) is 12.1 Å². The van der Waals surface area contributed by atoms with Crippen LogP contribution in [0.1, 0.15) is 12.5 Å². The van der Waals surface area contributed by atoms with Gasteiger partial charge in [-0.25, -0.2) is 4.39 Å². The molecule has 0 amide bonds. The Balaban J connectivity index is 2.32. The highest BCUT2D eigenvalue weighted by Crippen LogP contribution is 2.33. The smallest absolute Gasteiger partial charge is 0.369 e. The highest BCUT2D eigenvalue weighted by Gasteiger charge is 2.33. The van der Waals surface area contributed by atoms with Crippen LogP contribution < -0.4 is 5.32 Å². The van der Waals surface area contributed by atoms with Gasteiger partial charge in [-0.15, -0.1) is 10.2 Å². The predicted molar refractivity (Wildman–Crippen MR) is 66.6 cm³/mol. The first-order valence-electron chi connectivity index (χ1n) is 5.86. The van der Waals surface area contributed by atoms with Gasteiger partial charge in [0.1, 0.15) is 11.6 Å². The molecule has 0 unspecified atom stereocenters. The molecule has 0 aliphatic carbocycles. The van der Waals surface area contributed by atoms with Crippen LogP contribution in [0.3, 0.4) is 0 Å². The number of hydrogen-bond donors (Lipinski definition) is 1. The van der Waals surface area contributed by atoms with Gasteiger partial charge in [0.05, 0.1) is 11.3 Å². The quantitative estimate of drug-likeness (QED) is 0.873. The summed E-state index contributed by atoms with van der Waals surface area (Å²) in [4.78, 5) is 0. The Hall–Kier alpha value is -2.18. The fraction of sp³-hybridized carbons (Fsp3) is 0.231. The van der Waals surface area contributed by atoms with Crippen molar-refractivity contribution in [2.24, 2.45) is 0 Å². The maximum Gasteiger partial charge on any atom is 0.419 e. The molecule has 0 bridgehead atoms. The minimum Gasteiger partial charge on any atom is -0.369 e. The predicted octanol–water partition coefficient (Wildman–Crippen LogP) is 3.73. The van der Waals surface area contributed by atoms with E-state index in [-0.39, 0.29) is 5.56 Å². The number of aromatic nitrogens is 2. The number of rotatable bonds is 3. The van der Waals surface area contributed by atoms with Crippen molar-refractivity contribution in [1.29, 1.82) is 0 Å². The average Bonchev–Trinajstić information content (AvgIpc) is 2.38. The fourth-order valence-electron chi connectivity index (χ4n) is 1.67. The summed E-state index contributed by atoms with van der Waals surface area (Å²) < 4.78 is 50.8. The number of nitrogens with one attached hydrogen (secondary N) is 1. The molecule has 0 radical (unpaired) electrons. The maximum atomic E-state index is 13.5. The standard InChI is InChI=1S/C13H11F4N3/c1-2-18-12-6-5-11(19-20-12)8-3-4-9(10(14)7-8)13(15,16)17/h3-7H,2H2,1H3,(H,18,20). The lowest BCUT2D eigenvalue weighted by molar-refractivity contribution is -0.139. The lowest BCUT2D eigenvalue weighted by atomic mass is 10.1. The molecule has 2 rings (SSSR count). The summed E-state index contributed by atoms with van der Waals surface area (Å²) in [5.41, 5.74) is -0.746. The van der Waals surface area contributed by atoms with E-state index in [1.165, 1.54) is 6.07 Å². The molecule has 0 fully saturated rings. The Labute approximate surface area is 112 Å². The normalized spacial score (nSPS) is 11.4. The van der Waals surface area contributed by atoms with E-state index in [1.807, 2.05) is 6.92 Å². The van der Waals surface area contributed by atoms with Gasteiger partial charge in [0.25, 0.3) is 0 Å². The van der Waals surface area contributed by atoms with Gasteiger partial charge in [0.15, 0.2) is 0 Å². The molecule has 2 aromatic rings. The fourth-order valence-corrected chi connectivity index (χ4v) is 1.67. The van der Waals surface area contributed by atoms with Gasteiger partial charge in [-0.3, -0.25) is 0 Å². The second-order valence-corrected chi connectivity index (χ2v) is 4.03. The summed E-state index contributed by atoms with van der Waals surface area (Å²) in [6, 6.07) is 5.86. The molecule has 1 aromatic heterocycles. The summed E-state index contributed by atoms with van der Waals surface area (Å²) >= 11 is 0. The number of nitrogens with zero attached hydrogens (tertiary/aromatic N) is 2. The van der Waals surface area contributed by atoms with Gasteiger partial charge in [-0.05, 0) is 31.2 Å². The van der Waals surface area contributed by atoms with Crippen molar-refractivity contribution in [1.82, 2.24) is 10.2 Å². The highest BCUT2D eigenvalue weighted by atomic mass is 19.4. The Kier molecular flexibility index (Phi) is 3.87. The molecule has 7 heteroatoms. The summed E-state index contributed by atoms with van der Waals surface area (Å²) in [7, 11) is 0. The van der Waals surface area contributed by atoms with E-state index in [4.69, 9.17) is 0 Å². The summed E-state index contributed by atoms with van der Waals surface area (Å²) in [5.74, 6) is -0.781. The monoisotopic (exact) mass is 285 g/mol. The van der Waals surface area contributed by atoms with Gasteiger partial charge in [-0.1, -0.05) is 6.07 Å². The minimum atomic E-state index is -4.71. The summed E-state index contributed by atoms with van der Waals surface area (Å²) in [6.07, 6.45) is -4.71. The lowest BCUT2D eigenvalue weighted by Crippen LogP contribution is -2.08. The second kappa shape index (κ2) is 5.44. The Morgan fingerprint density at radius 2 is 1.85 bits per heavy atom. The first-order valence-corrected chi connectivity index (χ1v) is 5.86. The van der Waals surface area contributed by atoms with Crippen LogP contribution in [0.4, 0.5) is 23.4 Å². The van der Waals surface area contributed by atoms with Crippen LogP contribution in [0.5, 0.6) is 0 Å². The molecule has 20 heavy (non-hydrogen) atoms.